The molecule has 0 radical (unpaired) electrons. The van der Waals surface area contributed by atoms with Crippen molar-refractivity contribution < 1.29 is 9.90 Å². The molecular weight excluding hydrogens is 274 g/mol. The number of rotatable bonds is 8. The van der Waals surface area contributed by atoms with Crippen LogP contribution in [0.3, 0.4) is 0 Å². The van der Waals surface area contributed by atoms with Gasteiger partial charge in [-0.25, -0.2) is 0 Å². The minimum atomic E-state index is -0.712. The molecular formula is C19H23NO2. The van der Waals surface area contributed by atoms with Gasteiger partial charge in [-0.05, 0) is 47.9 Å². The molecule has 0 aliphatic heterocycles. The number of hydrogen-bond donors (Lipinski definition) is 2. The highest BCUT2D eigenvalue weighted by Gasteiger charge is 2.00. The van der Waals surface area contributed by atoms with Crippen molar-refractivity contribution in [2.24, 2.45) is 5.73 Å². The van der Waals surface area contributed by atoms with Crippen molar-refractivity contribution in [1.29, 1.82) is 0 Å². The van der Waals surface area contributed by atoms with Gasteiger partial charge in [0.1, 0.15) is 0 Å². The molecule has 2 rings (SSSR count). The molecule has 0 amide bonds. The number of unbranched alkanes of at least 4 members (excludes halogenated alkanes) is 1. The Bertz CT molecular complexity index is 588. The Balaban J connectivity index is 1.84. The molecule has 0 atom stereocenters. The quantitative estimate of drug-likeness (QED) is 0.733. The van der Waals surface area contributed by atoms with Crippen molar-refractivity contribution in [2.75, 3.05) is 0 Å². The van der Waals surface area contributed by atoms with Crippen LogP contribution in [0.1, 0.15) is 41.5 Å². The average Bonchev–Trinajstić information content (AvgIpc) is 2.54. The standard InChI is InChI=1S/C19H23NO2/c20-14-18-11-9-17(10-12-18)13-16-7-5-15(6-8-16)3-1-2-4-19(21)22/h5-12H,1-4,13-14,20H2,(H,21,22). The molecule has 2 aromatic rings. The van der Waals surface area contributed by atoms with Gasteiger partial charge in [-0.15, -0.1) is 0 Å². The van der Waals surface area contributed by atoms with Crippen LogP contribution in [-0.2, 0) is 24.2 Å². The van der Waals surface area contributed by atoms with Crippen LogP contribution >= 0.6 is 0 Å². The van der Waals surface area contributed by atoms with Crippen molar-refractivity contribution in [1.82, 2.24) is 0 Å². The second-order valence-electron chi connectivity index (χ2n) is 5.61. The van der Waals surface area contributed by atoms with Gasteiger partial charge in [-0.1, -0.05) is 48.5 Å². The van der Waals surface area contributed by atoms with Crippen LogP contribution in [0.25, 0.3) is 0 Å². The first-order chi connectivity index (χ1) is 10.7. The Morgan fingerprint density at radius 3 is 1.82 bits per heavy atom. The van der Waals surface area contributed by atoms with Gasteiger partial charge >= 0.3 is 5.97 Å². The number of hydrogen-bond acceptors (Lipinski definition) is 2. The third-order valence-corrected chi connectivity index (χ3v) is 3.80. The van der Waals surface area contributed by atoms with E-state index in [-0.39, 0.29) is 6.42 Å². The van der Waals surface area contributed by atoms with Gasteiger partial charge in [0.05, 0.1) is 0 Å². The van der Waals surface area contributed by atoms with E-state index in [1.807, 2.05) is 0 Å². The Labute approximate surface area is 131 Å². The van der Waals surface area contributed by atoms with Crippen LogP contribution in [0.15, 0.2) is 48.5 Å². The summed E-state index contributed by atoms with van der Waals surface area (Å²) in [4.78, 5) is 10.5. The van der Waals surface area contributed by atoms with E-state index < -0.39 is 5.97 Å². The molecule has 0 saturated heterocycles. The van der Waals surface area contributed by atoms with E-state index in [0.29, 0.717) is 6.54 Å². The average molecular weight is 297 g/mol. The first-order valence-electron chi connectivity index (χ1n) is 7.75. The summed E-state index contributed by atoms with van der Waals surface area (Å²) in [5.41, 5.74) is 10.6. The fraction of sp³-hybridized carbons (Fsp3) is 0.316. The van der Waals surface area contributed by atoms with Crippen LogP contribution in [0, 0.1) is 0 Å². The van der Waals surface area contributed by atoms with E-state index in [9.17, 15) is 4.79 Å². The lowest BCUT2D eigenvalue weighted by molar-refractivity contribution is -0.137. The molecule has 3 N–H and O–H groups in total. The highest BCUT2D eigenvalue weighted by molar-refractivity contribution is 5.66. The van der Waals surface area contributed by atoms with Crippen molar-refractivity contribution in [3.05, 3.63) is 70.8 Å². The number of benzene rings is 2. The van der Waals surface area contributed by atoms with Crippen molar-refractivity contribution in [3.63, 3.8) is 0 Å². The Morgan fingerprint density at radius 1 is 0.818 bits per heavy atom. The zero-order valence-electron chi connectivity index (χ0n) is 12.8. The number of carbonyl (C=O) groups is 1. The Morgan fingerprint density at radius 2 is 1.32 bits per heavy atom. The van der Waals surface area contributed by atoms with E-state index in [1.54, 1.807) is 0 Å². The summed E-state index contributed by atoms with van der Waals surface area (Å²) in [6.45, 7) is 0.580. The first-order valence-corrected chi connectivity index (χ1v) is 7.75. The fourth-order valence-electron chi connectivity index (χ4n) is 2.46. The normalized spacial score (nSPS) is 10.6. The zero-order valence-corrected chi connectivity index (χ0v) is 12.8. The molecule has 0 aliphatic rings. The van der Waals surface area contributed by atoms with Crippen LogP contribution in [0.2, 0.25) is 0 Å². The van der Waals surface area contributed by atoms with Gasteiger partial charge in [0.2, 0.25) is 0 Å². The molecule has 3 nitrogen and oxygen atoms in total. The maximum absolute atomic E-state index is 10.5. The summed E-state index contributed by atoms with van der Waals surface area (Å²) in [6, 6.07) is 17.0. The number of carboxylic acids is 1. The number of nitrogens with two attached hydrogens (primary N) is 1. The monoisotopic (exact) mass is 297 g/mol. The van der Waals surface area contributed by atoms with E-state index in [0.717, 1.165) is 31.2 Å². The second kappa shape index (κ2) is 8.35. The molecule has 0 aliphatic carbocycles. The Kier molecular flexibility index (Phi) is 6.16. The summed E-state index contributed by atoms with van der Waals surface area (Å²) in [5, 5.41) is 8.61. The first kappa shape index (κ1) is 16.2. The summed E-state index contributed by atoms with van der Waals surface area (Å²) in [7, 11) is 0. The molecule has 22 heavy (non-hydrogen) atoms. The van der Waals surface area contributed by atoms with Crippen LogP contribution in [0.4, 0.5) is 0 Å². The van der Waals surface area contributed by atoms with E-state index in [4.69, 9.17) is 10.8 Å². The van der Waals surface area contributed by atoms with E-state index in [1.165, 1.54) is 16.7 Å². The zero-order chi connectivity index (χ0) is 15.8. The maximum atomic E-state index is 10.5. The lowest BCUT2D eigenvalue weighted by Crippen LogP contribution is -1.96. The minimum Gasteiger partial charge on any atom is -0.481 e. The molecule has 0 aromatic heterocycles. The molecule has 0 bridgehead atoms. The topological polar surface area (TPSA) is 63.3 Å². The molecule has 2 aromatic carbocycles. The second-order valence-corrected chi connectivity index (χ2v) is 5.61. The SMILES string of the molecule is NCc1ccc(Cc2ccc(CCCCC(=O)O)cc2)cc1. The molecule has 0 heterocycles. The van der Waals surface area contributed by atoms with E-state index >= 15 is 0 Å². The lowest BCUT2D eigenvalue weighted by Gasteiger charge is -2.05. The van der Waals surface area contributed by atoms with Gasteiger partial charge in [-0.3, -0.25) is 4.79 Å². The number of carboxylic acid groups (broad SMARTS) is 1. The summed E-state index contributed by atoms with van der Waals surface area (Å²) < 4.78 is 0. The van der Waals surface area contributed by atoms with Gasteiger partial charge < -0.3 is 10.8 Å². The molecule has 0 saturated carbocycles. The number of aryl methyl sites for hydroxylation is 1. The third kappa shape index (κ3) is 5.34. The fourth-order valence-corrected chi connectivity index (χ4v) is 2.46. The van der Waals surface area contributed by atoms with Crippen LogP contribution in [-0.4, -0.2) is 11.1 Å². The van der Waals surface area contributed by atoms with Crippen molar-refractivity contribution in [2.45, 2.75) is 38.6 Å². The van der Waals surface area contributed by atoms with Crippen LogP contribution in [0.5, 0.6) is 0 Å². The predicted molar refractivity (Wildman–Crippen MR) is 88.8 cm³/mol. The van der Waals surface area contributed by atoms with Crippen LogP contribution < -0.4 is 5.73 Å². The van der Waals surface area contributed by atoms with Gasteiger partial charge in [0.15, 0.2) is 0 Å². The molecule has 3 heteroatoms. The van der Waals surface area contributed by atoms with E-state index in [2.05, 4.69) is 48.5 Å². The van der Waals surface area contributed by atoms with Gasteiger partial charge in [0, 0.05) is 13.0 Å². The summed E-state index contributed by atoms with van der Waals surface area (Å²) in [5.74, 6) is -0.712. The number of aliphatic carboxylic acids is 1. The molecule has 0 unspecified atom stereocenters. The predicted octanol–water partition coefficient (Wildman–Crippen LogP) is 3.53. The summed E-state index contributed by atoms with van der Waals surface area (Å²) >= 11 is 0. The molecule has 0 fully saturated rings. The van der Waals surface area contributed by atoms with Gasteiger partial charge in [-0.2, -0.15) is 0 Å². The summed E-state index contributed by atoms with van der Waals surface area (Å²) in [6.07, 6.45) is 3.79. The lowest BCUT2D eigenvalue weighted by atomic mass is 10.0. The molecule has 0 spiro atoms. The minimum absolute atomic E-state index is 0.261. The largest absolute Gasteiger partial charge is 0.481 e. The Hall–Kier alpha value is -2.13. The van der Waals surface area contributed by atoms with Crippen molar-refractivity contribution in [3.8, 4) is 0 Å². The highest BCUT2D eigenvalue weighted by atomic mass is 16.4. The highest BCUT2D eigenvalue weighted by Crippen LogP contribution is 2.13. The third-order valence-electron chi connectivity index (χ3n) is 3.80. The smallest absolute Gasteiger partial charge is 0.303 e. The van der Waals surface area contributed by atoms with Gasteiger partial charge in [0.25, 0.3) is 0 Å². The molecule has 116 valence electrons. The van der Waals surface area contributed by atoms with Crippen molar-refractivity contribution >= 4 is 5.97 Å². The maximum Gasteiger partial charge on any atom is 0.303 e.